The fraction of sp³-hybridized carbons (Fsp3) is 0.500. The molecule has 0 aliphatic carbocycles. The first-order chi connectivity index (χ1) is 11.0. The van der Waals surface area contributed by atoms with Gasteiger partial charge in [-0.05, 0) is 44.4 Å². The van der Waals surface area contributed by atoms with Gasteiger partial charge in [0, 0.05) is 24.0 Å². The topological polar surface area (TPSA) is 53.7 Å². The number of aromatic hydroxyl groups is 1. The number of nitrogens with zero attached hydrogens (tertiary/aromatic N) is 1. The second-order valence-electron chi connectivity index (χ2n) is 6.34. The van der Waals surface area contributed by atoms with Crippen LogP contribution in [0.4, 0.5) is 0 Å². The number of aryl methyl sites for hydroxylation is 1. The Kier molecular flexibility index (Phi) is 4.64. The van der Waals surface area contributed by atoms with Crippen LogP contribution in [0.15, 0.2) is 21.3 Å². The Morgan fingerprint density at radius 1 is 1.39 bits per heavy atom. The zero-order valence-corrected chi connectivity index (χ0v) is 14.3. The molecular formula is C18H22ClNO3. The normalized spacial score (nSPS) is 19.3. The number of rotatable bonds is 3. The number of fused-ring (bicyclic) bond motifs is 1. The third kappa shape index (κ3) is 3.10. The van der Waals surface area contributed by atoms with Crippen molar-refractivity contribution in [3.8, 4) is 5.75 Å². The lowest BCUT2D eigenvalue weighted by Gasteiger charge is -2.35. The first kappa shape index (κ1) is 16.3. The molecule has 124 valence electrons. The average Bonchev–Trinajstić information content (AvgIpc) is 2.53. The van der Waals surface area contributed by atoms with Gasteiger partial charge in [0.1, 0.15) is 11.3 Å². The fourth-order valence-electron chi connectivity index (χ4n) is 3.55. The summed E-state index contributed by atoms with van der Waals surface area (Å²) in [5, 5.41) is 11.5. The van der Waals surface area contributed by atoms with Gasteiger partial charge in [-0.3, -0.25) is 4.90 Å². The van der Waals surface area contributed by atoms with Crippen molar-refractivity contribution in [3.63, 3.8) is 0 Å². The standard InChI is InChI=1S/C18H22ClNO3/c1-3-12-6-4-5-7-20(12)10-14-17(22)15(19)9-13-11(2)8-16(21)23-18(13)14/h8-9,12,22H,3-7,10H2,1-2H3/t12-/m0/s1. The van der Waals surface area contributed by atoms with E-state index in [2.05, 4.69) is 11.8 Å². The Hall–Kier alpha value is -1.52. The van der Waals surface area contributed by atoms with Gasteiger partial charge < -0.3 is 9.52 Å². The molecule has 23 heavy (non-hydrogen) atoms. The molecule has 0 amide bonds. The average molecular weight is 336 g/mol. The summed E-state index contributed by atoms with van der Waals surface area (Å²) in [7, 11) is 0. The van der Waals surface area contributed by atoms with Crippen molar-refractivity contribution in [2.45, 2.75) is 52.1 Å². The van der Waals surface area contributed by atoms with E-state index in [-0.39, 0.29) is 5.75 Å². The zero-order valence-electron chi connectivity index (χ0n) is 13.6. The van der Waals surface area contributed by atoms with Gasteiger partial charge in [-0.25, -0.2) is 4.79 Å². The number of likely N-dealkylation sites (tertiary alicyclic amines) is 1. The van der Waals surface area contributed by atoms with Crippen LogP contribution >= 0.6 is 11.6 Å². The van der Waals surface area contributed by atoms with E-state index in [1.165, 1.54) is 18.9 Å². The maximum absolute atomic E-state index is 11.8. The second-order valence-corrected chi connectivity index (χ2v) is 6.75. The minimum atomic E-state index is -0.399. The molecule has 0 radical (unpaired) electrons. The highest BCUT2D eigenvalue weighted by Gasteiger charge is 2.24. The fourth-order valence-corrected chi connectivity index (χ4v) is 3.77. The quantitative estimate of drug-likeness (QED) is 0.853. The van der Waals surface area contributed by atoms with Crippen LogP contribution in [0.1, 0.15) is 43.7 Å². The van der Waals surface area contributed by atoms with Crippen LogP contribution in [0.5, 0.6) is 5.75 Å². The molecule has 1 fully saturated rings. The summed E-state index contributed by atoms with van der Waals surface area (Å²) < 4.78 is 5.42. The van der Waals surface area contributed by atoms with E-state index in [0.717, 1.165) is 30.3 Å². The molecule has 1 aliphatic heterocycles. The van der Waals surface area contributed by atoms with Crippen molar-refractivity contribution in [2.24, 2.45) is 0 Å². The van der Waals surface area contributed by atoms with Crippen LogP contribution in [0, 0.1) is 6.92 Å². The third-order valence-corrected chi connectivity index (χ3v) is 5.13. The second kappa shape index (κ2) is 6.54. The molecule has 3 rings (SSSR count). The number of halogens is 1. The van der Waals surface area contributed by atoms with E-state index in [1.54, 1.807) is 6.07 Å². The number of phenolic OH excluding ortho intramolecular Hbond substituents is 1. The molecule has 4 nitrogen and oxygen atoms in total. The molecule has 5 heteroatoms. The Bertz CT molecular complexity index is 784. The summed E-state index contributed by atoms with van der Waals surface area (Å²) >= 11 is 6.20. The number of benzene rings is 1. The number of phenols is 1. The summed E-state index contributed by atoms with van der Waals surface area (Å²) in [6, 6.07) is 3.62. The minimum Gasteiger partial charge on any atom is -0.506 e. The summed E-state index contributed by atoms with van der Waals surface area (Å²) in [6.45, 7) is 5.57. The molecular weight excluding hydrogens is 314 g/mol. The Morgan fingerprint density at radius 3 is 2.91 bits per heavy atom. The molecule has 1 atom stereocenters. The highest BCUT2D eigenvalue weighted by molar-refractivity contribution is 6.33. The van der Waals surface area contributed by atoms with Crippen molar-refractivity contribution in [1.29, 1.82) is 0 Å². The van der Waals surface area contributed by atoms with E-state index in [1.807, 2.05) is 6.92 Å². The molecule has 2 heterocycles. The van der Waals surface area contributed by atoms with Crippen LogP contribution in [0.3, 0.4) is 0 Å². The van der Waals surface area contributed by atoms with Crippen molar-refractivity contribution in [3.05, 3.63) is 38.7 Å². The van der Waals surface area contributed by atoms with E-state index in [0.29, 0.717) is 28.8 Å². The van der Waals surface area contributed by atoms with Gasteiger partial charge in [0.2, 0.25) is 0 Å². The van der Waals surface area contributed by atoms with Crippen molar-refractivity contribution < 1.29 is 9.52 Å². The SMILES string of the molecule is CC[C@H]1CCCCN1Cc1c(O)c(Cl)cc2c(C)cc(=O)oc12. The van der Waals surface area contributed by atoms with Crippen LogP contribution in [0.2, 0.25) is 5.02 Å². The van der Waals surface area contributed by atoms with E-state index in [4.69, 9.17) is 16.0 Å². The van der Waals surface area contributed by atoms with Gasteiger partial charge in [-0.1, -0.05) is 24.9 Å². The molecule has 0 saturated carbocycles. The largest absolute Gasteiger partial charge is 0.506 e. The lowest BCUT2D eigenvalue weighted by Crippen LogP contribution is -2.38. The van der Waals surface area contributed by atoms with E-state index in [9.17, 15) is 9.90 Å². The molecule has 0 bridgehead atoms. The maximum Gasteiger partial charge on any atom is 0.336 e. The summed E-state index contributed by atoms with van der Waals surface area (Å²) in [5.41, 5.74) is 1.49. The maximum atomic E-state index is 11.8. The van der Waals surface area contributed by atoms with Crippen LogP contribution in [-0.2, 0) is 6.54 Å². The monoisotopic (exact) mass is 335 g/mol. The van der Waals surface area contributed by atoms with Crippen molar-refractivity contribution in [1.82, 2.24) is 4.90 Å². The van der Waals surface area contributed by atoms with Gasteiger partial charge >= 0.3 is 5.63 Å². The predicted octanol–water partition coefficient (Wildman–Crippen LogP) is 4.22. The van der Waals surface area contributed by atoms with E-state index < -0.39 is 5.63 Å². The smallest absolute Gasteiger partial charge is 0.336 e. The first-order valence-corrected chi connectivity index (χ1v) is 8.58. The molecule has 0 spiro atoms. The van der Waals surface area contributed by atoms with Crippen molar-refractivity contribution >= 4 is 22.6 Å². The summed E-state index contributed by atoms with van der Waals surface area (Å²) in [4.78, 5) is 14.1. The summed E-state index contributed by atoms with van der Waals surface area (Å²) in [6.07, 6.45) is 4.63. The van der Waals surface area contributed by atoms with Crippen LogP contribution < -0.4 is 5.63 Å². The first-order valence-electron chi connectivity index (χ1n) is 8.20. The van der Waals surface area contributed by atoms with Gasteiger partial charge in [-0.2, -0.15) is 0 Å². The molecule has 1 N–H and O–H groups in total. The number of hydrogen-bond donors (Lipinski definition) is 1. The minimum absolute atomic E-state index is 0.0216. The Labute approximate surface area is 140 Å². The van der Waals surface area contributed by atoms with Gasteiger partial charge in [0.15, 0.2) is 0 Å². The van der Waals surface area contributed by atoms with Crippen molar-refractivity contribution in [2.75, 3.05) is 6.54 Å². The molecule has 1 saturated heterocycles. The Balaban J connectivity index is 2.12. The lowest BCUT2D eigenvalue weighted by molar-refractivity contribution is 0.135. The third-order valence-electron chi connectivity index (χ3n) is 4.85. The Morgan fingerprint density at radius 2 is 2.17 bits per heavy atom. The predicted molar refractivity (Wildman–Crippen MR) is 92.2 cm³/mol. The summed E-state index contributed by atoms with van der Waals surface area (Å²) in [5.74, 6) is 0.0216. The molecule has 1 aliphatic rings. The molecule has 1 aromatic carbocycles. The van der Waals surface area contributed by atoms with Crippen LogP contribution in [-0.4, -0.2) is 22.6 Å². The molecule has 1 aromatic heterocycles. The number of piperidine rings is 1. The van der Waals surface area contributed by atoms with Crippen LogP contribution in [0.25, 0.3) is 11.0 Å². The van der Waals surface area contributed by atoms with Gasteiger partial charge in [0.05, 0.1) is 10.6 Å². The van der Waals surface area contributed by atoms with Gasteiger partial charge in [0.25, 0.3) is 0 Å². The van der Waals surface area contributed by atoms with E-state index >= 15 is 0 Å². The highest BCUT2D eigenvalue weighted by Crippen LogP contribution is 2.37. The lowest BCUT2D eigenvalue weighted by atomic mass is 9.98. The molecule has 0 unspecified atom stereocenters. The molecule has 2 aromatic rings. The van der Waals surface area contributed by atoms with Gasteiger partial charge in [-0.15, -0.1) is 0 Å². The highest BCUT2D eigenvalue weighted by atomic mass is 35.5. The number of hydrogen-bond acceptors (Lipinski definition) is 4. The zero-order chi connectivity index (χ0) is 16.6.